The molecule has 4 rings (SSSR count). The molecule has 0 N–H and O–H groups in total. The second-order valence-corrected chi connectivity index (χ2v) is 9.15. The average molecular weight is 437 g/mol. The Balaban J connectivity index is 1.25. The fourth-order valence-corrected chi connectivity index (χ4v) is 4.97. The van der Waals surface area contributed by atoms with Gasteiger partial charge in [0.25, 0.3) is 0 Å². The van der Waals surface area contributed by atoms with Crippen LogP contribution < -0.4 is 14.2 Å². The number of fused-ring (bicyclic) bond motifs is 1. The van der Waals surface area contributed by atoms with Gasteiger partial charge in [0.1, 0.15) is 24.8 Å². The van der Waals surface area contributed by atoms with Crippen molar-refractivity contribution < 1.29 is 27.0 Å². The molecule has 7 nitrogen and oxygen atoms in total. The highest BCUT2D eigenvalue weighted by molar-refractivity contribution is 7.89. The number of hydrogen-bond acceptors (Lipinski definition) is 6. The van der Waals surface area contributed by atoms with Crippen LogP contribution >= 0.6 is 0 Å². The third-order valence-corrected chi connectivity index (χ3v) is 7.08. The van der Waals surface area contributed by atoms with Gasteiger partial charge in [-0.15, -0.1) is 0 Å². The third-order valence-electron chi connectivity index (χ3n) is 5.18. The molecule has 2 aliphatic heterocycles. The molecule has 2 heterocycles. The topological polar surface area (TPSA) is 68.3 Å². The summed E-state index contributed by atoms with van der Waals surface area (Å²) in [6.07, 6.45) is 0.812. The summed E-state index contributed by atoms with van der Waals surface area (Å²) in [4.78, 5) is 2.46. The molecule has 0 atom stereocenters. The van der Waals surface area contributed by atoms with Crippen LogP contribution in [0.5, 0.6) is 17.2 Å². The van der Waals surface area contributed by atoms with Crippen LogP contribution in [0.15, 0.2) is 47.4 Å². The zero-order valence-electron chi connectivity index (χ0n) is 16.6. The number of halogens is 1. The Hall–Kier alpha value is -2.36. The van der Waals surface area contributed by atoms with Crippen LogP contribution in [0.1, 0.15) is 6.42 Å². The lowest BCUT2D eigenvalue weighted by Crippen LogP contribution is -2.48. The standard InChI is InChI=1S/C21H25FN2O5S/c22-17-2-4-18(5-3-17)27-13-1-8-23-9-11-24(12-10-23)30(25,26)19-6-7-20-21(16-19)29-15-14-28-20/h2-7,16H,1,8-15H2. The first-order chi connectivity index (χ1) is 14.5. The number of benzene rings is 2. The van der Waals surface area contributed by atoms with E-state index in [2.05, 4.69) is 4.90 Å². The highest BCUT2D eigenvalue weighted by Crippen LogP contribution is 2.33. The van der Waals surface area contributed by atoms with Crippen molar-refractivity contribution in [2.45, 2.75) is 11.3 Å². The van der Waals surface area contributed by atoms with Crippen LogP contribution in [0.3, 0.4) is 0 Å². The molecule has 0 amide bonds. The van der Waals surface area contributed by atoms with E-state index in [1.807, 2.05) is 0 Å². The van der Waals surface area contributed by atoms with Crippen molar-refractivity contribution in [2.24, 2.45) is 0 Å². The first-order valence-electron chi connectivity index (χ1n) is 10.0. The van der Waals surface area contributed by atoms with Crippen molar-refractivity contribution in [3.63, 3.8) is 0 Å². The highest BCUT2D eigenvalue weighted by Gasteiger charge is 2.29. The van der Waals surface area contributed by atoms with Crippen molar-refractivity contribution in [3.05, 3.63) is 48.3 Å². The summed E-state index contributed by atoms with van der Waals surface area (Å²) < 4.78 is 57.0. The molecule has 2 aromatic rings. The normalized spacial score (nSPS) is 17.6. The number of rotatable bonds is 7. The number of sulfonamides is 1. The molecule has 0 bridgehead atoms. The summed E-state index contributed by atoms with van der Waals surface area (Å²) in [5, 5.41) is 0. The molecular weight excluding hydrogens is 411 g/mol. The molecule has 0 aromatic heterocycles. The van der Waals surface area contributed by atoms with E-state index < -0.39 is 10.0 Å². The highest BCUT2D eigenvalue weighted by atomic mass is 32.2. The van der Waals surface area contributed by atoms with Gasteiger partial charge < -0.3 is 19.1 Å². The Kier molecular flexibility index (Phi) is 6.40. The minimum absolute atomic E-state index is 0.230. The summed E-state index contributed by atoms with van der Waals surface area (Å²) in [7, 11) is -3.57. The van der Waals surface area contributed by atoms with E-state index in [0.717, 1.165) is 13.0 Å². The van der Waals surface area contributed by atoms with E-state index in [1.54, 1.807) is 30.3 Å². The van der Waals surface area contributed by atoms with Crippen LogP contribution in [0.2, 0.25) is 0 Å². The Labute approximate surface area is 176 Å². The number of nitrogens with zero attached hydrogens (tertiary/aromatic N) is 2. The number of ether oxygens (including phenoxy) is 3. The summed E-state index contributed by atoms with van der Waals surface area (Å²) in [5.41, 5.74) is 0. The van der Waals surface area contributed by atoms with Gasteiger partial charge in [0, 0.05) is 38.8 Å². The zero-order valence-corrected chi connectivity index (χ0v) is 17.4. The van der Waals surface area contributed by atoms with Crippen molar-refractivity contribution in [1.82, 2.24) is 9.21 Å². The van der Waals surface area contributed by atoms with E-state index in [0.29, 0.717) is 63.2 Å². The number of hydrogen-bond donors (Lipinski definition) is 0. The molecule has 9 heteroatoms. The lowest BCUT2D eigenvalue weighted by atomic mass is 10.3. The maximum absolute atomic E-state index is 13.0. The lowest BCUT2D eigenvalue weighted by Gasteiger charge is -2.34. The fraction of sp³-hybridized carbons (Fsp3) is 0.429. The van der Waals surface area contributed by atoms with E-state index in [9.17, 15) is 12.8 Å². The van der Waals surface area contributed by atoms with Gasteiger partial charge in [0.15, 0.2) is 11.5 Å². The molecule has 162 valence electrons. The maximum Gasteiger partial charge on any atom is 0.243 e. The van der Waals surface area contributed by atoms with Gasteiger partial charge >= 0.3 is 0 Å². The van der Waals surface area contributed by atoms with E-state index in [4.69, 9.17) is 14.2 Å². The second-order valence-electron chi connectivity index (χ2n) is 7.21. The zero-order chi connectivity index (χ0) is 21.0. The van der Waals surface area contributed by atoms with Gasteiger partial charge in [-0.05, 0) is 42.8 Å². The monoisotopic (exact) mass is 436 g/mol. The van der Waals surface area contributed by atoms with Gasteiger partial charge in [-0.1, -0.05) is 0 Å². The minimum Gasteiger partial charge on any atom is -0.494 e. The summed E-state index contributed by atoms with van der Waals surface area (Å²) in [6.45, 7) is 4.45. The van der Waals surface area contributed by atoms with Crippen LogP contribution in [0.25, 0.3) is 0 Å². The summed E-state index contributed by atoms with van der Waals surface area (Å²) in [6, 6.07) is 10.7. The maximum atomic E-state index is 13.0. The molecule has 1 saturated heterocycles. The SMILES string of the molecule is O=S(=O)(c1ccc2c(c1)OCCO2)N1CCN(CCCOc2ccc(F)cc2)CC1. The van der Waals surface area contributed by atoms with Crippen molar-refractivity contribution in [2.75, 3.05) is 52.5 Å². The molecule has 0 radical (unpaired) electrons. The molecule has 30 heavy (non-hydrogen) atoms. The third kappa shape index (κ3) is 4.85. The summed E-state index contributed by atoms with van der Waals surface area (Å²) in [5.74, 6) is 1.41. The van der Waals surface area contributed by atoms with Crippen LogP contribution in [-0.4, -0.2) is 70.2 Å². The van der Waals surface area contributed by atoms with Gasteiger partial charge in [0.2, 0.25) is 10.0 Å². The van der Waals surface area contributed by atoms with Gasteiger partial charge in [-0.25, -0.2) is 12.8 Å². The molecule has 0 unspecified atom stereocenters. The average Bonchev–Trinajstić information content (AvgIpc) is 2.78. The van der Waals surface area contributed by atoms with Gasteiger partial charge in [-0.2, -0.15) is 4.31 Å². The Morgan fingerprint density at radius 1 is 0.933 bits per heavy atom. The van der Waals surface area contributed by atoms with Crippen LogP contribution in [-0.2, 0) is 10.0 Å². The van der Waals surface area contributed by atoms with E-state index in [1.165, 1.54) is 16.4 Å². The predicted molar refractivity (Wildman–Crippen MR) is 109 cm³/mol. The quantitative estimate of drug-likeness (QED) is 0.621. The molecule has 0 aliphatic carbocycles. The molecule has 2 aromatic carbocycles. The second kappa shape index (κ2) is 9.20. The Morgan fingerprint density at radius 3 is 2.37 bits per heavy atom. The lowest BCUT2D eigenvalue weighted by molar-refractivity contribution is 0.170. The molecule has 2 aliphatic rings. The first-order valence-corrected chi connectivity index (χ1v) is 11.5. The van der Waals surface area contributed by atoms with Crippen molar-refractivity contribution >= 4 is 10.0 Å². The Bertz CT molecular complexity index is 960. The van der Waals surface area contributed by atoms with Crippen LogP contribution in [0, 0.1) is 5.82 Å². The molecular formula is C21H25FN2O5S. The predicted octanol–water partition coefficient (Wildman–Crippen LogP) is 2.37. The van der Waals surface area contributed by atoms with Crippen molar-refractivity contribution in [3.8, 4) is 17.2 Å². The Morgan fingerprint density at radius 2 is 1.63 bits per heavy atom. The van der Waals surface area contributed by atoms with Gasteiger partial charge in [0.05, 0.1) is 11.5 Å². The molecule has 1 fully saturated rings. The van der Waals surface area contributed by atoms with E-state index in [-0.39, 0.29) is 10.7 Å². The fourth-order valence-electron chi connectivity index (χ4n) is 3.54. The minimum atomic E-state index is -3.57. The van der Waals surface area contributed by atoms with Crippen LogP contribution in [0.4, 0.5) is 4.39 Å². The molecule has 0 saturated carbocycles. The van der Waals surface area contributed by atoms with E-state index >= 15 is 0 Å². The smallest absolute Gasteiger partial charge is 0.243 e. The number of piperazine rings is 1. The largest absolute Gasteiger partial charge is 0.494 e. The molecule has 0 spiro atoms. The van der Waals surface area contributed by atoms with Gasteiger partial charge in [-0.3, -0.25) is 0 Å². The summed E-state index contributed by atoms with van der Waals surface area (Å²) >= 11 is 0. The first kappa shape index (κ1) is 20.9. The van der Waals surface area contributed by atoms with Crippen molar-refractivity contribution in [1.29, 1.82) is 0 Å².